The zero-order valence-corrected chi connectivity index (χ0v) is 10.5. The summed E-state index contributed by atoms with van der Waals surface area (Å²) in [5.41, 5.74) is -0.373. The van der Waals surface area contributed by atoms with E-state index >= 15 is 0 Å². The number of benzene rings is 1. The molecular weight excluding hydrogens is 230 g/mol. The number of rotatable bonds is 5. The second kappa shape index (κ2) is 5.74. The molecule has 1 saturated heterocycles. The van der Waals surface area contributed by atoms with E-state index in [-0.39, 0.29) is 5.41 Å². The van der Waals surface area contributed by atoms with Crippen molar-refractivity contribution in [2.45, 2.75) is 12.8 Å². The van der Waals surface area contributed by atoms with Crippen LogP contribution in [0.15, 0.2) is 24.3 Å². The van der Waals surface area contributed by atoms with Crippen molar-refractivity contribution in [1.29, 1.82) is 5.26 Å². The van der Waals surface area contributed by atoms with Gasteiger partial charge >= 0.3 is 0 Å². The van der Waals surface area contributed by atoms with Crippen LogP contribution in [-0.4, -0.2) is 26.9 Å². The first-order chi connectivity index (χ1) is 8.79. The predicted molar refractivity (Wildman–Crippen MR) is 66.6 cm³/mol. The van der Waals surface area contributed by atoms with Crippen LogP contribution in [0, 0.1) is 16.7 Å². The average molecular weight is 247 g/mol. The summed E-state index contributed by atoms with van der Waals surface area (Å²) in [4.78, 5) is 0. The van der Waals surface area contributed by atoms with E-state index < -0.39 is 0 Å². The van der Waals surface area contributed by atoms with Gasteiger partial charge < -0.3 is 14.2 Å². The van der Waals surface area contributed by atoms with E-state index in [2.05, 4.69) is 6.07 Å². The number of nitrogens with zero attached hydrogens (tertiary/aromatic N) is 1. The number of hydrogen-bond acceptors (Lipinski definition) is 4. The molecule has 4 heteroatoms. The molecule has 1 unspecified atom stereocenters. The van der Waals surface area contributed by atoms with Crippen LogP contribution >= 0.6 is 0 Å². The lowest BCUT2D eigenvalue weighted by molar-refractivity contribution is 0.157. The smallest absolute Gasteiger partial charge is 0.161 e. The zero-order chi connectivity index (χ0) is 12.8. The Labute approximate surface area is 107 Å². The standard InChI is InChI=1S/C14H17NO3/c1-16-12-4-2-3-5-13(12)18-9-7-14(10-15)6-8-17-11-14/h2-5H,6-9,11H2,1H3. The number of methoxy groups -OCH3 is 1. The highest BCUT2D eigenvalue weighted by molar-refractivity contribution is 5.39. The van der Waals surface area contributed by atoms with E-state index in [4.69, 9.17) is 14.2 Å². The third kappa shape index (κ3) is 2.74. The van der Waals surface area contributed by atoms with Crippen LogP contribution in [0.1, 0.15) is 12.8 Å². The van der Waals surface area contributed by atoms with E-state index in [0.29, 0.717) is 37.7 Å². The molecule has 1 atom stereocenters. The lowest BCUT2D eigenvalue weighted by atomic mass is 9.86. The van der Waals surface area contributed by atoms with Crippen molar-refractivity contribution in [3.8, 4) is 17.6 Å². The first-order valence-corrected chi connectivity index (χ1v) is 6.04. The quantitative estimate of drug-likeness (QED) is 0.801. The van der Waals surface area contributed by atoms with Crippen molar-refractivity contribution in [1.82, 2.24) is 0 Å². The van der Waals surface area contributed by atoms with Crippen molar-refractivity contribution in [3.63, 3.8) is 0 Å². The number of ether oxygens (including phenoxy) is 3. The highest BCUT2D eigenvalue weighted by Gasteiger charge is 2.34. The van der Waals surface area contributed by atoms with Gasteiger partial charge in [-0.1, -0.05) is 12.1 Å². The van der Waals surface area contributed by atoms with Gasteiger partial charge in [0, 0.05) is 13.0 Å². The third-order valence-corrected chi connectivity index (χ3v) is 3.25. The Morgan fingerprint density at radius 3 is 2.78 bits per heavy atom. The molecule has 4 nitrogen and oxygen atoms in total. The van der Waals surface area contributed by atoms with Gasteiger partial charge in [0.25, 0.3) is 0 Å². The van der Waals surface area contributed by atoms with Crippen molar-refractivity contribution < 1.29 is 14.2 Å². The maximum Gasteiger partial charge on any atom is 0.161 e. The first kappa shape index (κ1) is 12.7. The van der Waals surface area contributed by atoms with Crippen LogP contribution in [-0.2, 0) is 4.74 Å². The maximum atomic E-state index is 9.20. The zero-order valence-electron chi connectivity index (χ0n) is 10.5. The molecule has 1 aromatic carbocycles. The van der Waals surface area contributed by atoms with E-state index in [0.717, 1.165) is 6.42 Å². The van der Waals surface area contributed by atoms with E-state index in [1.54, 1.807) is 7.11 Å². The second-order valence-electron chi connectivity index (χ2n) is 4.44. The Balaban J connectivity index is 1.90. The summed E-state index contributed by atoms with van der Waals surface area (Å²) >= 11 is 0. The molecule has 1 aliphatic rings. The Kier molecular flexibility index (Phi) is 4.06. The van der Waals surface area contributed by atoms with E-state index in [1.807, 2.05) is 24.3 Å². The fourth-order valence-electron chi connectivity index (χ4n) is 2.04. The van der Waals surface area contributed by atoms with Crippen LogP contribution in [0.5, 0.6) is 11.5 Å². The summed E-state index contributed by atoms with van der Waals surface area (Å²) in [7, 11) is 1.61. The van der Waals surface area contributed by atoms with Crippen molar-refractivity contribution >= 4 is 0 Å². The maximum absolute atomic E-state index is 9.20. The molecule has 1 heterocycles. The highest BCUT2D eigenvalue weighted by atomic mass is 16.5. The Hall–Kier alpha value is -1.73. The molecule has 1 fully saturated rings. The molecule has 2 rings (SSSR count). The fraction of sp³-hybridized carbons (Fsp3) is 0.500. The van der Waals surface area contributed by atoms with Crippen molar-refractivity contribution in [3.05, 3.63) is 24.3 Å². The van der Waals surface area contributed by atoms with E-state index in [1.165, 1.54) is 0 Å². The summed E-state index contributed by atoms with van der Waals surface area (Å²) in [6, 6.07) is 9.87. The van der Waals surface area contributed by atoms with Gasteiger partial charge in [0.2, 0.25) is 0 Å². The largest absolute Gasteiger partial charge is 0.493 e. The van der Waals surface area contributed by atoms with Gasteiger partial charge in [-0.05, 0) is 18.6 Å². The molecule has 1 aliphatic heterocycles. The molecule has 18 heavy (non-hydrogen) atoms. The van der Waals surface area contributed by atoms with Gasteiger partial charge in [0.15, 0.2) is 11.5 Å². The summed E-state index contributed by atoms with van der Waals surface area (Å²) in [5, 5.41) is 9.20. The van der Waals surface area contributed by atoms with Crippen LogP contribution in [0.3, 0.4) is 0 Å². The minimum Gasteiger partial charge on any atom is -0.493 e. The lowest BCUT2D eigenvalue weighted by Crippen LogP contribution is -2.21. The van der Waals surface area contributed by atoms with E-state index in [9.17, 15) is 5.26 Å². The molecular formula is C14H17NO3. The first-order valence-electron chi connectivity index (χ1n) is 6.04. The predicted octanol–water partition coefficient (Wildman–Crippen LogP) is 2.39. The van der Waals surface area contributed by atoms with Gasteiger partial charge in [-0.3, -0.25) is 0 Å². The molecule has 0 radical (unpaired) electrons. The van der Waals surface area contributed by atoms with Crippen molar-refractivity contribution in [2.24, 2.45) is 5.41 Å². The molecule has 0 N–H and O–H groups in total. The molecule has 96 valence electrons. The molecule has 0 aliphatic carbocycles. The second-order valence-corrected chi connectivity index (χ2v) is 4.44. The number of nitriles is 1. The van der Waals surface area contributed by atoms with Crippen LogP contribution in [0.2, 0.25) is 0 Å². The fourth-order valence-corrected chi connectivity index (χ4v) is 2.04. The Morgan fingerprint density at radius 2 is 2.17 bits per heavy atom. The number of hydrogen-bond donors (Lipinski definition) is 0. The highest BCUT2D eigenvalue weighted by Crippen LogP contribution is 2.32. The minimum atomic E-state index is -0.373. The van der Waals surface area contributed by atoms with Crippen LogP contribution in [0.25, 0.3) is 0 Å². The summed E-state index contributed by atoms with van der Waals surface area (Å²) < 4.78 is 16.2. The average Bonchev–Trinajstić information content (AvgIpc) is 2.89. The van der Waals surface area contributed by atoms with Gasteiger partial charge in [-0.25, -0.2) is 0 Å². The van der Waals surface area contributed by atoms with Gasteiger partial charge in [-0.15, -0.1) is 0 Å². The topological polar surface area (TPSA) is 51.5 Å². The molecule has 0 bridgehead atoms. The number of para-hydroxylation sites is 2. The molecule has 1 aromatic rings. The summed E-state index contributed by atoms with van der Waals surface area (Å²) in [6.45, 7) is 1.68. The van der Waals surface area contributed by atoms with Crippen LogP contribution < -0.4 is 9.47 Å². The molecule has 0 amide bonds. The van der Waals surface area contributed by atoms with Gasteiger partial charge in [-0.2, -0.15) is 5.26 Å². The van der Waals surface area contributed by atoms with Crippen LogP contribution in [0.4, 0.5) is 0 Å². The normalized spacial score (nSPS) is 22.4. The van der Waals surface area contributed by atoms with Gasteiger partial charge in [0.05, 0.1) is 31.8 Å². The lowest BCUT2D eigenvalue weighted by Gasteiger charge is -2.18. The Bertz CT molecular complexity index is 433. The molecule has 0 spiro atoms. The summed E-state index contributed by atoms with van der Waals surface area (Å²) in [6.07, 6.45) is 1.47. The summed E-state index contributed by atoms with van der Waals surface area (Å²) in [5.74, 6) is 1.43. The Morgan fingerprint density at radius 1 is 1.39 bits per heavy atom. The van der Waals surface area contributed by atoms with Crippen molar-refractivity contribution in [2.75, 3.05) is 26.9 Å². The molecule has 0 saturated carbocycles. The van der Waals surface area contributed by atoms with Gasteiger partial charge in [0.1, 0.15) is 0 Å². The monoisotopic (exact) mass is 247 g/mol. The minimum absolute atomic E-state index is 0.373. The third-order valence-electron chi connectivity index (χ3n) is 3.25. The SMILES string of the molecule is COc1ccccc1OCCC1(C#N)CCOC1. The molecule has 0 aromatic heterocycles.